The van der Waals surface area contributed by atoms with E-state index >= 15 is 0 Å². The van der Waals surface area contributed by atoms with Crippen molar-refractivity contribution in [1.82, 2.24) is 4.90 Å². The Labute approximate surface area is 62.0 Å². The van der Waals surface area contributed by atoms with E-state index in [0.29, 0.717) is 5.92 Å². The monoisotopic (exact) mass is 143 g/mol. The summed E-state index contributed by atoms with van der Waals surface area (Å²) in [6, 6.07) is 0. The molecular weight excluding hydrogens is 130 g/mol. The Hall–Kier alpha value is -0.110. The van der Waals surface area contributed by atoms with Gasteiger partial charge in [-0.3, -0.25) is 0 Å². The molecule has 1 aliphatic rings. The average molecular weight is 143 g/mol. The first kappa shape index (κ1) is 7.00. The summed E-state index contributed by atoms with van der Waals surface area (Å²) in [5, 5.41) is 0. The van der Waals surface area contributed by atoms with Crippen LogP contribution in [-0.2, 0) is 0 Å². The van der Waals surface area contributed by atoms with Crippen molar-refractivity contribution in [3.05, 3.63) is 0 Å². The standard InChI is InChI=1S/C7H13NS/c1-6-4-3-5-8(2)7(6)9/h6H,3-5H2,1-2H3. The summed E-state index contributed by atoms with van der Waals surface area (Å²) >= 11 is 5.18. The van der Waals surface area contributed by atoms with Crippen LogP contribution in [0.15, 0.2) is 0 Å². The minimum atomic E-state index is 0.638. The van der Waals surface area contributed by atoms with E-state index in [-0.39, 0.29) is 0 Å². The second-order valence-electron chi connectivity index (χ2n) is 2.80. The number of thiocarbonyl (C=S) groups is 1. The Morgan fingerprint density at radius 3 is 2.78 bits per heavy atom. The third kappa shape index (κ3) is 1.42. The molecule has 1 nitrogen and oxygen atoms in total. The van der Waals surface area contributed by atoms with Crippen LogP contribution in [0, 0.1) is 5.92 Å². The van der Waals surface area contributed by atoms with E-state index < -0.39 is 0 Å². The maximum absolute atomic E-state index is 5.18. The van der Waals surface area contributed by atoms with E-state index in [1.165, 1.54) is 12.8 Å². The van der Waals surface area contributed by atoms with Gasteiger partial charge in [0.15, 0.2) is 0 Å². The molecule has 0 radical (unpaired) electrons. The largest absolute Gasteiger partial charge is 0.369 e. The lowest BCUT2D eigenvalue weighted by Crippen LogP contribution is -2.35. The van der Waals surface area contributed by atoms with Crippen LogP contribution >= 0.6 is 12.2 Å². The predicted molar refractivity (Wildman–Crippen MR) is 43.6 cm³/mol. The quantitative estimate of drug-likeness (QED) is 0.475. The third-order valence-electron chi connectivity index (χ3n) is 1.93. The summed E-state index contributed by atoms with van der Waals surface area (Å²) in [4.78, 5) is 3.32. The zero-order valence-corrected chi connectivity index (χ0v) is 6.87. The second kappa shape index (κ2) is 2.65. The normalized spacial score (nSPS) is 28.9. The van der Waals surface area contributed by atoms with Crippen LogP contribution in [0.25, 0.3) is 0 Å². The van der Waals surface area contributed by atoms with Gasteiger partial charge in [-0.05, 0) is 12.8 Å². The first-order valence-electron chi connectivity index (χ1n) is 3.47. The van der Waals surface area contributed by atoms with Crippen LogP contribution in [0.4, 0.5) is 0 Å². The number of hydrogen-bond donors (Lipinski definition) is 0. The molecule has 0 amide bonds. The summed E-state index contributed by atoms with van der Waals surface area (Å²) in [6.45, 7) is 3.36. The molecule has 1 rings (SSSR count). The highest BCUT2D eigenvalue weighted by Crippen LogP contribution is 2.16. The molecule has 0 bridgehead atoms. The number of hydrogen-bond acceptors (Lipinski definition) is 1. The SMILES string of the molecule is CC1CCCN(C)C1=S. The van der Waals surface area contributed by atoms with Crippen LogP contribution in [0.3, 0.4) is 0 Å². The van der Waals surface area contributed by atoms with Gasteiger partial charge in [-0.15, -0.1) is 0 Å². The highest BCUT2D eigenvalue weighted by molar-refractivity contribution is 7.80. The molecule has 1 fully saturated rings. The van der Waals surface area contributed by atoms with Crippen molar-refractivity contribution in [3.8, 4) is 0 Å². The molecule has 1 aliphatic heterocycles. The molecule has 9 heavy (non-hydrogen) atoms. The van der Waals surface area contributed by atoms with Crippen LogP contribution < -0.4 is 0 Å². The van der Waals surface area contributed by atoms with Gasteiger partial charge in [0.05, 0.1) is 4.99 Å². The molecule has 0 saturated carbocycles. The van der Waals surface area contributed by atoms with Gasteiger partial charge in [0.1, 0.15) is 0 Å². The van der Waals surface area contributed by atoms with Crippen molar-refractivity contribution >= 4 is 17.2 Å². The van der Waals surface area contributed by atoms with Crippen molar-refractivity contribution in [2.75, 3.05) is 13.6 Å². The zero-order chi connectivity index (χ0) is 6.85. The fourth-order valence-corrected chi connectivity index (χ4v) is 1.45. The minimum absolute atomic E-state index is 0.638. The number of rotatable bonds is 0. The maximum atomic E-state index is 5.18. The Bertz CT molecular complexity index is 110. The Kier molecular flexibility index (Phi) is 2.06. The predicted octanol–water partition coefficient (Wildman–Crippen LogP) is 1.68. The molecule has 0 aromatic heterocycles. The smallest absolute Gasteiger partial charge is 0.0805 e. The topological polar surface area (TPSA) is 3.24 Å². The lowest BCUT2D eigenvalue weighted by atomic mass is 10.0. The first-order chi connectivity index (χ1) is 4.22. The fourth-order valence-electron chi connectivity index (χ4n) is 1.24. The molecule has 1 saturated heterocycles. The fraction of sp³-hybridized carbons (Fsp3) is 0.857. The van der Waals surface area contributed by atoms with Crippen LogP contribution in [-0.4, -0.2) is 23.5 Å². The summed E-state index contributed by atoms with van der Waals surface area (Å²) in [6.07, 6.45) is 2.58. The molecule has 52 valence electrons. The Morgan fingerprint density at radius 1 is 1.67 bits per heavy atom. The van der Waals surface area contributed by atoms with Crippen LogP contribution in [0.2, 0.25) is 0 Å². The van der Waals surface area contributed by atoms with Gasteiger partial charge >= 0.3 is 0 Å². The van der Waals surface area contributed by atoms with E-state index in [1.807, 2.05) is 0 Å². The van der Waals surface area contributed by atoms with Gasteiger partial charge in [-0.25, -0.2) is 0 Å². The highest BCUT2D eigenvalue weighted by Gasteiger charge is 2.17. The van der Waals surface area contributed by atoms with E-state index in [4.69, 9.17) is 12.2 Å². The van der Waals surface area contributed by atoms with E-state index in [9.17, 15) is 0 Å². The summed E-state index contributed by atoms with van der Waals surface area (Å²) < 4.78 is 0. The van der Waals surface area contributed by atoms with Gasteiger partial charge in [0, 0.05) is 19.5 Å². The molecule has 0 N–H and O–H groups in total. The second-order valence-corrected chi connectivity index (χ2v) is 3.22. The van der Waals surface area contributed by atoms with Gasteiger partial charge in [-0.1, -0.05) is 19.1 Å². The summed E-state index contributed by atoms with van der Waals surface area (Å²) in [5.41, 5.74) is 0. The molecule has 1 unspecified atom stereocenters. The molecular formula is C7H13NS. The summed E-state index contributed by atoms with van der Waals surface area (Å²) in [7, 11) is 2.08. The van der Waals surface area contributed by atoms with Crippen LogP contribution in [0.5, 0.6) is 0 Å². The van der Waals surface area contributed by atoms with Gasteiger partial charge in [-0.2, -0.15) is 0 Å². The van der Waals surface area contributed by atoms with E-state index in [0.717, 1.165) is 11.5 Å². The van der Waals surface area contributed by atoms with Crippen LogP contribution in [0.1, 0.15) is 19.8 Å². The van der Waals surface area contributed by atoms with Crippen molar-refractivity contribution in [3.63, 3.8) is 0 Å². The molecule has 1 heterocycles. The van der Waals surface area contributed by atoms with Crippen molar-refractivity contribution in [2.24, 2.45) is 5.92 Å². The van der Waals surface area contributed by atoms with Gasteiger partial charge in [0.2, 0.25) is 0 Å². The molecule has 0 aromatic rings. The molecule has 2 heteroatoms. The first-order valence-corrected chi connectivity index (χ1v) is 3.87. The molecule has 1 atom stereocenters. The van der Waals surface area contributed by atoms with E-state index in [2.05, 4.69) is 18.9 Å². The number of nitrogens with zero attached hydrogens (tertiary/aromatic N) is 1. The molecule has 0 aromatic carbocycles. The lowest BCUT2D eigenvalue weighted by Gasteiger charge is -2.29. The lowest BCUT2D eigenvalue weighted by molar-refractivity contribution is 0.399. The summed E-state index contributed by atoms with van der Waals surface area (Å²) in [5.74, 6) is 0.638. The zero-order valence-electron chi connectivity index (χ0n) is 6.05. The minimum Gasteiger partial charge on any atom is -0.369 e. The highest BCUT2D eigenvalue weighted by atomic mass is 32.1. The number of piperidine rings is 1. The van der Waals surface area contributed by atoms with Crippen molar-refractivity contribution < 1.29 is 0 Å². The van der Waals surface area contributed by atoms with Gasteiger partial charge in [0.25, 0.3) is 0 Å². The third-order valence-corrected chi connectivity index (χ3v) is 2.64. The average Bonchev–Trinajstić information content (AvgIpc) is 1.83. The van der Waals surface area contributed by atoms with Crippen molar-refractivity contribution in [1.29, 1.82) is 0 Å². The Balaban J connectivity index is 2.52. The number of likely N-dealkylation sites (tertiary alicyclic amines) is 1. The van der Waals surface area contributed by atoms with Crippen molar-refractivity contribution in [2.45, 2.75) is 19.8 Å². The molecule has 0 aliphatic carbocycles. The molecule has 0 spiro atoms. The Morgan fingerprint density at radius 2 is 2.33 bits per heavy atom. The van der Waals surface area contributed by atoms with E-state index in [1.54, 1.807) is 0 Å². The maximum Gasteiger partial charge on any atom is 0.0805 e. The van der Waals surface area contributed by atoms with Gasteiger partial charge < -0.3 is 4.90 Å².